The molecule has 1 aromatic heterocycles. The predicted molar refractivity (Wildman–Crippen MR) is 98.0 cm³/mol. The van der Waals surface area contributed by atoms with Crippen LogP contribution in [0.25, 0.3) is 10.9 Å². The van der Waals surface area contributed by atoms with Crippen molar-refractivity contribution in [2.24, 2.45) is 0 Å². The third kappa shape index (κ3) is 2.57. The highest BCUT2D eigenvalue weighted by Crippen LogP contribution is 2.42. The first-order chi connectivity index (χ1) is 12.4. The summed E-state index contributed by atoms with van der Waals surface area (Å²) in [5, 5.41) is 12.9. The summed E-state index contributed by atoms with van der Waals surface area (Å²) < 4.78 is 16.5. The van der Waals surface area contributed by atoms with Crippen LogP contribution in [0.5, 0.6) is 0 Å². The number of benzene rings is 1. The van der Waals surface area contributed by atoms with Gasteiger partial charge >= 0.3 is 5.97 Å². The number of halogens is 2. The Morgan fingerprint density at radius 3 is 2.81 bits per heavy atom. The van der Waals surface area contributed by atoms with Crippen LogP contribution in [0, 0.1) is 5.82 Å². The smallest absolute Gasteiger partial charge is 0.341 e. The average molecular weight is 380 g/mol. The molecule has 1 aromatic carbocycles. The first-order valence-electron chi connectivity index (χ1n) is 8.65. The lowest BCUT2D eigenvalue weighted by atomic mass is 10.1. The maximum Gasteiger partial charge on any atom is 0.341 e. The summed E-state index contributed by atoms with van der Waals surface area (Å²) >= 11 is 6.57. The Morgan fingerprint density at radius 2 is 2.19 bits per heavy atom. The molecular weight excluding hydrogens is 361 g/mol. The van der Waals surface area contributed by atoms with E-state index in [1.807, 2.05) is 11.8 Å². The van der Waals surface area contributed by atoms with Crippen molar-refractivity contribution in [2.75, 3.05) is 24.5 Å². The number of nitrogens with zero attached hydrogens (tertiary/aromatic N) is 2. The maximum atomic E-state index is 14.9. The minimum Gasteiger partial charge on any atom is -0.477 e. The number of carboxylic acids is 1. The monoisotopic (exact) mass is 379 g/mol. The summed E-state index contributed by atoms with van der Waals surface area (Å²) in [4.78, 5) is 25.8. The van der Waals surface area contributed by atoms with Crippen molar-refractivity contribution in [3.05, 3.63) is 38.9 Å². The van der Waals surface area contributed by atoms with Gasteiger partial charge in [0, 0.05) is 37.9 Å². The molecule has 1 saturated carbocycles. The van der Waals surface area contributed by atoms with Crippen molar-refractivity contribution < 1.29 is 14.3 Å². The normalized spacial score (nSPS) is 18.5. The van der Waals surface area contributed by atoms with E-state index < -0.39 is 17.2 Å². The van der Waals surface area contributed by atoms with Gasteiger partial charge in [0.05, 0.1) is 21.6 Å². The van der Waals surface area contributed by atoms with E-state index in [-0.39, 0.29) is 27.2 Å². The molecule has 1 spiro atoms. The highest BCUT2D eigenvalue weighted by atomic mass is 35.5. The van der Waals surface area contributed by atoms with Gasteiger partial charge in [-0.05, 0) is 25.8 Å². The summed E-state index contributed by atoms with van der Waals surface area (Å²) in [6.45, 7) is 4.25. The number of carbonyl (C=O) groups is 1. The van der Waals surface area contributed by atoms with Crippen molar-refractivity contribution in [1.29, 1.82) is 0 Å². The van der Waals surface area contributed by atoms with Gasteiger partial charge in [-0.2, -0.15) is 0 Å². The fourth-order valence-electron chi connectivity index (χ4n) is 3.80. The number of carboxylic acid groups (broad SMARTS) is 1. The zero-order chi connectivity index (χ0) is 18.6. The number of piperazine rings is 1. The maximum absolute atomic E-state index is 14.9. The number of hydrogen-bond acceptors (Lipinski definition) is 4. The SMILES string of the molecule is CCn1cc(C(=O)O)c(=O)c2cc(F)c(N3CCNC4(CC4)C3)c(Cl)c21. The Labute approximate surface area is 154 Å². The van der Waals surface area contributed by atoms with Gasteiger partial charge < -0.3 is 19.9 Å². The van der Waals surface area contributed by atoms with E-state index in [9.17, 15) is 19.1 Å². The number of pyridine rings is 1. The molecule has 1 aliphatic carbocycles. The molecule has 0 unspecified atom stereocenters. The van der Waals surface area contributed by atoms with Crippen molar-refractivity contribution in [3.63, 3.8) is 0 Å². The molecule has 6 nitrogen and oxygen atoms in total. The van der Waals surface area contributed by atoms with Gasteiger partial charge in [-0.3, -0.25) is 4.79 Å². The van der Waals surface area contributed by atoms with Crippen LogP contribution in [0.3, 0.4) is 0 Å². The van der Waals surface area contributed by atoms with Gasteiger partial charge in [-0.1, -0.05) is 11.6 Å². The third-order valence-corrected chi connectivity index (χ3v) is 5.70. The molecule has 2 fully saturated rings. The number of anilines is 1. The zero-order valence-electron chi connectivity index (χ0n) is 14.3. The number of aryl methyl sites for hydroxylation is 1. The number of aromatic carboxylic acids is 1. The van der Waals surface area contributed by atoms with Crippen LogP contribution in [0.1, 0.15) is 30.1 Å². The molecule has 2 aromatic rings. The summed E-state index contributed by atoms with van der Waals surface area (Å²) in [5.74, 6) is -1.93. The number of hydrogen-bond donors (Lipinski definition) is 2. The number of rotatable bonds is 3. The summed E-state index contributed by atoms with van der Waals surface area (Å²) in [6, 6.07) is 1.12. The van der Waals surface area contributed by atoms with Gasteiger partial charge in [-0.25, -0.2) is 9.18 Å². The lowest BCUT2D eigenvalue weighted by Crippen LogP contribution is -2.52. The summed E-state index contributed by atoms with van der Waals surface area (Å²) in [5.41, 5.74) is -0.397. The van der Waals surface area contributed by atoms with E-state index in [1.54, 1.807) is 4.57 Å². The molecular formula is C18H19ClFN3O3. The Bertz CT molecular complexity index is 984. The molecule has 1 aliphatic heterocycles. The molecule has 0 bridgehead atoms. The predicted octanol–water partition coefficient (Wildman–Crippen LogP) is 2.45. The van der Waals surface area contributed by atoms with Crippen molar-refractivity contribution in [2.45, 2.75) is 31.8 Å². The highest BCUT2D eigenvalue weighted by molar-refractivity contribution is 6.38. The van der Waals surface area contributed by atoms with Crippen molar-refractivity contribution in [1.82, 2.24) is 9.88 Å². The van der Waals surface area contributed by atoms with Crippen LogP contribution in [0.4, 0.5) is 10.1 Å². The van der Waals surface area contributed by atoms with E-state index in [4.69, 9.17) is 11.6 Å². The Balaban J connectivity index is 1.95. The van der Waals surface area contributed by atoms with E-state index in [0.717, 1.165) is 25.5 Å². The van der Waals surface area contributed by atoms with Crippen LogP contribution < -0.4 is 15.6 Å². The molecule has 2 heterocycles. The minimum absolute atomic E-state index is 0.00531. The zero-order valence-corrected chi connectivity index (χ0v) is 15.1. The number of fused-ring (bicyclic) bond motifs is 1. The van der Waals surface area contributed by atoms with Crippen LogP contribution in [-0.4, -0.2) is 40.8 Å². The molecule has 8 heteroatoms. The molecule has 2 aliphatic rings. The lowest BCUT2D eigenvalue weighted by Gasteiger charge is -2.36. The molecule has 0 atom stereocenters. The minimum atomic E-state index is -1.34. The van der Waals surface area contributed by atoms with Crippen LogP contribution in [-0.2, 0) is 6.54 Å². The van der Waals surface area contributed by atoms with Gasteiger partial charge in [0.1, 0.15) is 11.4 Å². The Morgan fingerprint density at radius 1 is 1.46 bits per heavy atom. The second-order valence-corrected chi connectivity index (χ2v) is 7.39. The van der Waals surface area contributed by atoms with E-state index in [2.05, 4.69) is 5.32 Å². The second-order valence-electron chi connectivity index (χ2n) is 7.01. The molecule has 1 saturated heterocycles. The lowest BCUT2D eigenvalue weighted by molar-refractivity contribution is 0.0695. The van der Waals surface area contributed by atoms with E-state index in [1.165, 1.54) is 6.20 Å². The quantitative estimate of drug-likeness (QED) is 0.856. The second kappa shape index (κ2) is 5.96. The molecule has 26 heavy (non-hydrogen) atoms. The van der Waals surface area contributed by atoms with Crippen LogP contribution in [0.2, 0.25) is 5.02 Å². The summed E-state index contributed by atoms with van der Waals surface area (Å²) in [6.07, 6.45) is 3.39. The Hall–Kier alpha value is -2.12. The molecule has 0 amide bonds. The van der Waals surface area contributed by atoms with Crippen LogP contribution in [0.15, 0.2) is 17.1 Å². The average Bonchev–Trinajstić information content (AvgIpc) is 3.34. The van der Waals surface area contributed by atoms with E-state index in [0.29, 0.717) is 25.2 Å². The first-order valence-corrected chi connectivity index (χ1v) is 9.03. The molecule has 138 valence electrons. The van der Waals surface area contributed by atoms with Gasteiger partial charge in [0.2, 0.25) is 5.43 Å². The van der Waals surface area contributed by atoms with Crippen LogP contribution >= 0.6 is 11.6 Å². The summed E-state index contributed by atoms with van der Waals surface area (Å²) in [7, 11) is 0. The fraction of sp³-hybridized carbons (Fsp3) is 0.444. The van der Waals surface area contributed by atoms with E-state index >= 15 is 0 Å². The Kier molecular flexibility index (Phi) is 3.96. The van der Waals surface area contributed by atoms with Crippen molar-refractivity contribution >= 4 is 34.2 Å². The fourth-order valence-corrected chi connectivity index (χ4v) is 4.22. The number of aromatic nitrogens is 1. The highest BCUT2D eigenvalue weighted by Gasteiger charge is 2.46. The molecule has 4 rings (SSSR count). The topological polar surface area (TPSA) is 74.6 Å². The molecule has 2 N–H and O–H groups in total. The largest absolute Gasteiger partial charge is 0.477 e. The molecule has 0 radical (unpaired) electrons. The van der Waals surface area contributed by atoms with Gasteiger partial charge in [0.25, 0.3) is 0 Å². The van der Waals surface area contributed by atoms with Gasteiger partial charge in [0.15, 0.2) is 0 Å². The first kappa shape index (κ1) is 17.3. The third-order valence-electron chi connectivity index (χ3n) is 5.35. The van der Waals surface area contributed by atoms with Crippen molar-refractivity contribution in [3.8, 4) is 0 Å². The number of nitrogens with one attached hydrogen (secondary N) is 1. The standard InChI is InChI=1S/C18H19ClFN3O3/c1-2-22-8-11(17(25)26)16(24)10-7-12(20)15(13(19)14(10)22)23-6-5-21-18(9-23)3-4-18/h7-8,21H,2-6,9H2,1H3,(H,25,26). The van der Waals surface area contributed by atoms with Gasteiger partial charge in [-0.15, -0.1) is 0 Å².